The normalized spacial score (nSPS) is 21.6. The lowest BCUT2D eigenvalue weighted by Gasteiger charge is -2.42. The maximum atomic E-state index is 14.0. The molecule has 1 aromatic carbocycles. The first kappa shape index (κ1) is 21.6. The Kier molecular flexibility index (Phi) is 7.18. The first-order valence-corrected chi connectivity index (χ1v) is 10.4. The predicted octanol–water partition coefficient (Wildman–Crippen LogP) is 2.57. The van der Waals surface area contributed by atoms with Crippen molar-refractivity contribution in [1.82, 2.24) is 20.4 Å². The SMILES string of the molecule is CCNC(=O)N1C[C@@H](CO)C[C@@H](N(C(=O)NCc2ccc(Cl)cc2F)C2CC2)C1. The molecule has 1 saturated carbocycles. The number of amides is 4. The van der Waals surface area contributed by atoms with Crippen molar-refractivity contribution >= 4 is 23.7 Å². The van der Waals surface area contributed by atoms with E-state index in [0.29, 0.717) is 36.6 Å². The van der Waals surface area contributed by atoms with Gasteiger partial charge in [0.25, 0.3) is 0 Å². The number of aliphatic hydroxyl groups is 1. The zero-order valence-electron chi connectivity index (χ0n) is 16.5. The van der Waals surface area contributed by atoms with Crippen LogP contribution in [-0.2, 0) is 6.54 Å². The molecule has 3 rings (SSSR count). The summed E-state index contributed by atoms with van der Waals surface area (Å²) in [6.07, 6.45) is 2.44. The Labute approximate surface area is 175 Å². The fourth-order valence-electron chi connectivity index (χ4n) is 3.85. The number of nitrogens with zero attached hydrogens (tertiary/aromatic N) is 2. The van der Waals surface area contributed by atoms with Crippen LogP contribution in [0.15, 0.2) is 18.2 Å². The van der Waals surface area contributed by atoms with E-state index >= 15 is 0 Å². The van der Waals surface area contributed by atoms with Crippen LogP contribution in [0.3, 0.4) is 0 Å². The van der Waals surface area contributed by atoms with Gasteiger partial charge in [0.15, 0.2) is 0 Å². The van der Waals surface area contributed by atoms with Crippen molar-refractivity contribution in [1.29, 1.82) is 0 Å². The van der Waals surface area contributed by atoms with Gasteiger partial charge in [-0.3, -0.25) is 0 Å². The summed E-state index contributed by atoms with van der Waals surface area (Å²) in [5.74, 6) is -0.546. The molecule has 7 nitrogen and oxygen atoms in total. The molecular weight excluding hydrogens is 399 g/mol. The van der Waals surface area contributed by atoms with E-state index in [1.165, 1.54) is 6.07 Å². The molecule has 4 amide bonds. The Hall–Kier alpha value is -2.06. The molecular formula is C20H28ClFN4O3. The van der Waals surface area contributed by atoms with E-state index in [4.69, 9.17) is 11.6 Å². The van der Waals surface area contributed by atoms with Crippen LogP contribution >= 0.6 is 11.6 Å². The minimum atomic E-state index is -0.462. The van der Waals surface area contributed by atoms with E-state index in [2.05, 4.69) is 10.6 Å². The molecule has 1 aromatic rings. The number of halogens is 2. The van der Waals surface area contributed by atoms with Crippen molar-refractivity contribution in [2.75, 3.05) is 26.2 Å². The van der Waals surface area contributed by atoms with Crippen molar-refractivity contribution in [2.24, 2.45) is 5.92 Å². The molecule has 1 heterocycles. The summed E-state index contributed by atoms with van der Waals surface area (Å²) in [5, 5.41) is 15.6. The highest BCUT2D eigenvalue weighted by Crippen LogP contribution is 2.32. The van der Waals surface area contributed by atoms with E-state index in [-0.39, 0.29) is 43.2 Å². The molecule has 0 unspecified atom stereocenters. The number of rotatable bonds is 6. The standard InChI is InChI=1S/C20H28ClFN4O3/c1-2-23-19(28)25-10-13(12-27)7-17(11-25)26(16-5-6-16)20(29)24-9-14-3-4-15(21)8-18(14)22/h3-4,8,13,16-17,27H,2,5-7,9-12H2,1H3,(H,23,28)(H,24,29)/t13-,17+/m0/s1. The van der Waals surface area contributed by atoms with Crippen LogP contribution in [0.5, 0.6) is 0 Å². The summed E-state index contributed by atoms with van der Waals surface area (Å²) in [6.45, 7) is 3.27. The molecule has 1 aliphatic carbocycles. The number of hydrogen-bond donors (Lipinski definition) is 3. The average molecular weight is 427 g/mol. The zero-order chi connectivity index (χ0) is 21.0. The van der Waals surface area contributed by atoms with Gasteiger partial charge >= 0.3 is 12.1 Å². The first-order valence-electron chi connectivity index (χ1n) is 10.1. The van der Waals surface area contributed by atoms with E-state index < -0.39 is 5.82 Å². The topological polar surface area (TPSA) is 84.9 Å². The number of hydrogen-bond acceptors (Lipinski definition) is 3. The van der Waals surface area contributed by atoms with Gasteiger partial charge < -0.3 is 25.5 Å². The molecule has 0 bridgehead atoms. The number of urea groups is 2. The lowest BCUT2D eigenvalue weighted by Crippen LogP contribution is -2.58. The van der Waals surface area contributed by atoms with Gasteiger partial charge in [-0.25, -0.2) is 14.0 Å². The average Bonchev–Trinajstić information content (AvgIpc) is 3.52. The van der Waals surface area contributed by atoms with Gasteiger partial charge in [-0.2, -0.15) is 0 Å². The van der Waals surface area contributed by atoms with Crippen LogP contribution in [0.25, 0.3) is 0 Å². The van der Waals surface area contributed by atoms with Crippen LogP contribution in [0, 0.1) is 11.7 Å². The monoisotopic (exact) mass is 426 g/mol. The van der Waals surface area contributed by atoms with Crippen molar-refractivity contribution in [3.05, 3.63) is 34.6 Å². The smallest absolute Gasteiger partial charge is 0.318 e. The summed E-state index contributed by atoms with van der Waals surface area (Å²) < 4.78 is 14.0. The second-order valence-electron chi connectivity index (χ2n) is 7.71. The number of carbonyl (C=O) groups is 2. The third kappa shape index (κ3) is 5.51. The van der Waals surface area contributed by atoms with Gasteiger partial charge in [0.1, 0.15) is 5.82 Å². The number of benzene rings is 1. The maximum absolute atomic E-state index is 14.0. The largest absolute Gasteiger partial charge is 0.396 e. The third-order valence-corrected chi connectivity index (χ3v) is 5.64. The van der Waals surface area contributed by atoms with Gasteiger partial charge in [-0.05, 0) is 38.3 Å². The van der Waals surface area contributed by atoms with Crippen molar-refractivity contribution in [3.63, 3.8) is 0 Å². The van der Waals surface area contributed by atoms with Crippen LogP contribution in [0.4, 0.5) is 14.0 Å². The Morgan fingerprint density at radius 2 is 2.03 bits per heavy atom. The molecule has 160 valence electrons. The highest BCUT2D eigenvalue weighted by Gasteiger charge is 2.41. The molecule has 2 fully saturated rings. The Morgan fingerprint density at radius 3 is 2.66 bits per heavy atom. The van der Waals surface area contributed by atoms with E-state index in [1.54, 1.807) is 21.9 Å². The summed E-state index contributed by atoms with van der Waals surface area (Å²) >= 11 is 5.78. The van der Waals surface area contributed by atoms with Crippen LogP contribution in [0.2, 0.25) is 5.02 Å². The molecule has 1 saturated heterocycles. The molecule has 29 heavy (non-hydrogen) atoms. The molecule has 0 aromatic heterocycles. The fourth-order valence-corrected chi connectivity index (χ4v) is 4.01. The molecule has 0 radical (unpaired) electrons. The fraction of sp³-hybridized carbons (Fsp3) is 0.600. The minimum Gasteiger partial charge on any atom is -0.396 e. The Balaban J connectivity index is 1.68. The first-order chi connectivity index (χ1) is 13.9. The van der Waals surface area contributed by atoms with Gasteiger partial charge in [-0.15, -0.1) is 0 Å². The van der Waals surface area contributed by atoms with Gasteiger partial charge in [0.2, 0.25) is 0 Å². The third-order valence-electron chi connectivity index (χ3n) is 5.40. The summed E-state index contributed by atoms with van der Waals surface area (Å²) in [7, 11) is 0. The Morgan fingerprint density at radius 1 is 1.28 bits per heavy atom. The lowest BCUT2D eigenvalue weighted by molar-refractivity contribution is 0.0686. The predicted molar refractivity (Wildman–Crippen MR) is 108 cm³/mol. The van der Waals surface area contributed by atoms with Gasteiger partial charge in [0, 0.05) is 55.3 Å². The maximum Gasteiger partial charge on any atom is 0.318 e. The van der Waals surface area contributed by atoms with E-state index in [0.717, 1.165) is 12.8 Å². The number of aliphatic hydroxyl groups excluding tert-OH is 1. The molecule has 3 N–H and O–H groups in total. The number of carbonyl (C=O) groups excluding carboxylic acids is 2. The second kappa shape index (κ2) is 9.63. The summed E-state index contributed by atoms with van der Waals surface area (Å²) in [6, 6.07) is 3.82. The quantitative estimate of drug-likeness (QED) is 0.653. The highest BCUT2D eigenvalue weighted by atomic mass is 35.5. The van der Waals surface area contributed by atoms with Crippen LogP contribution in [0.1, 0.15) is 31.7 Å². The number of piperidine rings is 1. The summed E-state index contributed by atoms with van der Waals surface area (Å²) in [5.41, 5.74) is 0.360. The zero-order valence-corrected chi connectivity index (χ0v) is 17.3. The van der Waals surface area contributed by atoms with Gasteiger partial charge in [0.05, 0.1) is 6.04 Å². The van der Waals surface area contributed by atoms with Gasteiger partial charge in [-0.1, -0.05) is 17.7 Å². The van der Waals surface area contributed by atoms with Crippen molar-refractivity contribution < 1.29 is 19.1 Å². The molecule has 9 heteroatoms. The second-order valence-corrected chi connectivity index (χ2v) is 8.15. The highest BCUT2D eigenvalue weighted by molar-refractivity contribution is 6.30. The molecule has 0 spiro atoms. The molecule has 2 aliphatic rings. The lowest BCUT2D eigenvalue weighted by atomic mass is 9.94. The van der Waals surface area contributed by atoms with Crippen molar-refractivity contribution in [2.45, 2.75) is 44.8 Å². The van der Waals surface area contributed by atoms with E-state index in [9.17, 15) is 19.1 Å². The minimum absolute atomic E-state index is 0.0392. The Bertz CT molecular complexity index is 746. The van der Waals surface area contributed by atoms with Crippen LogP contribution < -0.4 is 10.6 Å². The molecule has 1 aliphatic heterocycles. The van der Waals surface area contributed by atoms with Crippen molar-refractivity contribution in [3.8, 4) is 0 Å². The number of likely N-dealkylation sites (tertiary alicyclic amines) is 1. The molecule has 2 atom stereocenters. The number of nitrogens with one attached hydrogen (secondary N) is 2. The van der Waals surface area contributed by atoms with Crippen LogP contribution in [-0.4, -0.2) is 65.3 Å². The summed E-state index contributed by atoms with van der Waals surface area (Å²) in [4.78, 5) is 28.7. The van der Waals surface area contributed by atoms with E-state index in [1.807, 2.05) is 6.92 Å².